The third-order valence-electron chi connectivity index (χ3n) is 11.0. The van der Waals surface area contributed by atoms with E-state index in [1.807, 2.05) is 0 Å². The molecule has 3 rings (SSSR count). The first-order valence-corrected chi connectivity index (χ1v) is 20.1. The molecule has 0 aromatic heterocycles. The van der Waals surface area contributed by atoms with Crippen molar-refractivity contribution in [2.75, 3.05) is 0 Å². The molecule has 2 aliphatic rings. The summed E-state index contributed by atoms with van der Waals surface area (Å²) in [6.45, 7) is 4.37. The molecule has 2 saturated carbocycles. The van der Waals surface area contributed by atoms with E-state index in [4.69, 9.17) is 9.47 Å². The topological polar surface area (TPSA) is 52.6 Å². The summed E-state index contributed by atoms with van der Waals surface area (Å²) in [5.74, 6) is -0.0271. The average Bonchev–Trinajstić information content (AvgIpc) is 3.10. The van der Waals surface area contributed by atoms with E-state index in [9.17, 15) is 18.4 Å². The van der Waals surface area contributed by atoms with Crippen LogP contribution in [0.5, 0.6) is 0 Å². The van der Waals surface area contributed by atoms with E-state index >= 15 is 0 Å². The van der Waals surface area contributed by atoms with Crippen LogP contribution in [0, 0.1) is 11.8 Å². The maximum absolute atomic E-state index is 14.3. The summed E-state index contributed by atoms with van der Waals surface area (Å²) in [6, 6.07) is 9.07. The first-order valence-electron chi connectivity index (χ1n) is 20.1. The van der Waals surface area contributed by atoms with Gasteiger partial charge in [-0.15, -0.1) is 0 Å². The molecule has 2 atom stereocenters. The zero-order valence-electron chi connectivity index (χ0n) is 30.5. The van der Waals surface area contributed by atoms with Crippen molar-refractivity contribution in [2.45, 2.75) is 205 Å². The van der Waals surface area contributed by atoms with Gasteiger partial charge in [-0.05, 0) is 126 Å². The summed E-state index contributed by atoms with van der Waals surface area (Å²) in [7, 11) is 0. The Labute approximate surface area is 291 Å². The molecular weight excluding hydrogens is 606 g/mol. The lowest BCUT2D eigenvalue weighted by Crippen LogP contribution is -2.29. The number of halogens is 2. The second-order valence-electron chi connectivity index (χ2n) is 15.1. The fraction of sp³-hybridized carbons (Fsp3) is 0.810. The van der Waals surface area contributed by atoms with Gasteiger partial charge in [-0.25, -0.2) is 18.4 Å². The highest BCUT2D eigenvalue weighted by Gasteiger charge is 2.28. The number of unbranched alkanes of at least 4 members (excludes halogenated alkanes) is 10. The number of aryl methyl sites for hydroxylation is 2. The molecule has 0 spiro atoms. The molecule has 0 N–H and O–H groups in total. The van der Waals surface area contributed by atoms with Crippen molar-refractivity contribution in [2.24, 2.45) is 11.8 Å². The molecule has 2 fully saturated rings. The van der Waals surface area contributed by atoms with Gasteiger partial charge in [0.15, 0.2) is 12.3 Å². The van der Waals surface area contributed by atoms with Gasteiger partial charge in [-0.1, -0.05) is 102 Å². The highest BCUT2D eigenvalue weighted by atomic mass is 19.1. The molecule has 274 valence electrons. The van der Waals surface area contributed by atoms with Gasteiger partial charge in [0.2, 0.25) is 0 Å². The van der Waals surface area contributed by atoms with Gasteiger partial charge in [0, 0.05) is 0 Å². The average molecular weight is 675 g/mol. The Kier molecular flexibility index (Phi) is 20.4. The van der Waals surface area contributed by atoms with Crippen molar-refractivity contribution in [1.29, 1.82) is 0 Å². The number of alkyl halides is 2. The minimum Gasteiger partial charge on any atom is -0.460 e. The minimum absolute atomic E-state index is 0.122. The zero-order chi connectivity index (χ0) is 34.4. The summed E-state index contributed by atoms with van der Waals surface area (Å²) >= 11 is 0. The Balaban J connectivity index is 1.22. The van der Waals surface area contributed by atoms with Crippen molar-refractivity contribution >= 4 is 11.9 Å². The quantitative estimate of drug-likeness (QED) is 0.0809. The molecular formula is C42H68F2O4. The van der Waals surface area contributed by atoms with Crippen molar-refractivity contribution in [3.8, 4) is 0 Å². The van der Waals surface area contributed by atoms with Crippen LogP contribution in [0.1, 0.15) is 179 Å². The Morgan fingerprint density at radius 1 is 0.562 bits per heavy atom. The lowest BCUT2D eigenvalue weighted by atomic mass is 9.83. The summed E-state index contributed by atoms with van der Waals surface area (Å²) in [6.07, 6.45) is 22.3. The van der Waals surface area contributed by atoms with Crippen LogP contribution in [0.4, 0.5) is 8.78 Å². The van der Waals surface area contributed by atoms with Gasteiger partial charge in [0.1, 0.15) is 12.2 Å². The number of ether oxygens (including phenoxy) is 2. The summed E-state index contributed by atoms with van der Waals surface area (Å²) in [4.78, 5) is 24.5. The van der Waals surface area contributed by atoms with E-state index in [1.54, 1.807) is 0 Å². The Morgan fingerprint density at radius 2 is 0.896 bits per heavy atom. The SMILES string of the molecule is CCCCCCCC[C@H](F)C(=O)O[C@H]1CC[C@H](CCc2ccc(CC[C@H]3CC[C@H](OC(=O)[C@@H](F)CCCCCCCC)CC3)cc2)CC1. The molecule has 0 aliphatic heterocycles. The predicted molar refractivity (Wildman–Crippen MR) is 193 cm³/mol. The number of benzene rings is 1. The number of hydrogen-bond acceptors (Lipinski definition) is 4. The Morgan fingerprint density at radius 3 is 1.25 bits per heavy atom. The molecule has 1 aromatic rings. The number of carbonyl (C=O) groups is 2. The Bertz CT molecular complexity index is 903. The van der Waals surface area contributed by atoms with Crippen molar-refractivity contribution in [3.63, 3.8) is 0 Å². The van der Waals surface area contributed by atoms with E-state index < -0.39 is 24.3 Å². The van der Waals surface area contributed by atoms with Gasteiger partial charge in [-0.3, -0.25) is 0 Å². The third-order valence-corrected chi connectivity index (χ3v) is 11.0. The molecule has 0 amide bonds. The molecule has 0 radical (unpaired) electrons. The minimum atomic E-state index is -1.47. The zero-order valence-corrected chi connectivity index (χ0v) is 30.5. The Hall–Kier alpha value is -1.98. The molecule has 4 nitrogen and oxygen atoms in total. The first-order chi connectivity index (χ1) is 23.4. The maximum atomic E-state index is 14.3. The van der Waals surface area contributed by atoms with Gasteiger partial charge in [0.25, 0.3) is 0 Å². The first kappa shape index (κ1) is 40.4. The number of rotatable bonds is 24. The molecule has 6 heteroatoms. The second kappa shape index (κ2) is 24.2. The maximum Gasteiger partial charge on any atom is 0.340 e. The van der Waals surface area contributed by atoms with Crippen LogP contribution in [0.25, 0.3) is 0 Å². The molecule has 0 bridgehead atoms. The van der Waals surface area contributed by atoms with Gasteiger partial charge in [-0.2, -0.15) is 0 Å². The second-order valence-corrected chi connectivity index (χ2v) is 15.1. The third kappa shape index (κ3) is 16.6. The van der Waals surface area contributed by atoms with Crippen molar-refractivity contribution in [1.82, 2.24) is 0 Å². The van der Waals surface area contributed by atoms with Crippen LogP contribution in [-0.2, 0) is 31.9 Å². The smallest absolute Gasteiger partial charge is 0.340 e. The van der Waals surface area contributed by atoms with E-state index in [0.717, 1.165) is 116 Å². The highest BCUT2D eigenvalue weighted by Crippen LogP contribution is 2.32. The molecule has 0 saturated heterocycles. The predicted octanol–water partition coefficient (Wildman–Crippen LogP) is 11.9. The van der Waals surface area contributed by atoms with Gasteiger partial charge >= 0.3 is 11.9 Å². The fourth-order valence-electron chi connectivity index (χ4n) is 7.61. The van der Waals surface area contributed by atoms with Crippen molar-refractivity contribution < 1.29 is 27.8 Å². The van der Waals surface area contributed by atoms with Crippen LogP contribution in [-0.4, -0.2) is 36.5 Å². The summed E-state index contributed by atoms with van der Waals surface area (Å²) < 4.78 is 39.7. The molecule has 0 heterocycles. The number of carbonyl (C=O) groups excluding carboxylic acids is 2. The molecule has 2 aliphatic carbocycles. The lowest BCUT2D eigenvalue weighted by molar-refractivity contribution is -0.158. The van der Waals surface area contributed by atoms with E-state index in [0.29, 0.717) is 24.7 Å². The molecule has 48 heavy (non-hydrogen) atoms. The number of hydrogen-bond donors (Lipinski definition) is 0. The highest BCUT2D eigenvalue weighted by molar-refractivity contribution is 5.75. The van der Waals surface area contributed by atoms with E-state index in [-0.39, 0.29) is 12.2 Å². The van der Waals surface area contributed by atoms with E-state index in [2.05, 4.69) is 38.1 Å². The standard InChI is InChI=1S/C42H68F2O4/c1-3-5-7-9-11-13-15-39(43)41(45)47-37-29-25-35(26-30-37)23-21-33-17-19-34(20-18-33)22-24-36-27-31-38(32-28-36)48-42(46)40(44)16-14-12-10-8-6-4-2/h17-20,35-40H,3-16,21-32H2,1-2H3/t35-,36-,37-,38-,39-,40-/m0/s1. The van der Waals surface area contributed by atoms with Crippen LogP contribution in [0.15, 0.2) is 24.3 Å². The molecule has 1 aromatic carbocycles. The summed E-state index contributed by atoms with van der Waals surface area (Å²) in [5.41, 5.74) is 2.74. The fourth-order valence-corrected chi connectivity index (χ4v) is 7.61. The van der Waals surface area contributed by atoms with Gasteiger partial charge in [0.05, 0.1) is 0 Å². The normalized spacial score (nSPS) is 22.6. The lowest BCUT2D eigenvalue weighted by Gasteiger charge is -2.29. The number of esters is 2. The molecule has 0 unspecified atom stereocenters. The van der Waals surface area contributed by atoms with Crippen molar-refractivity contribution in [3.05, 3.63) is 35.4 Å². The van der Waals surface area contributed by atoms with Crippen LogP contribution < -0.4 is 0 Å². The van der Waals surface area contributed by atoms with Crippen LogP contribution in [0.2, 0.25) is 0 Å². The largest absolute Gasteiger partial charge is 0.460 e. The summed E-state index contributed by atoms with van der Waals surface area (Å²) in [5, 5.41) is 0. The van der Waals surface area contributed by atoms with Crippen LogP contribution >= 0.6 is 0 Å². The van der Waals surface area contributed by atoms with E-state index in [1.165, 1.54) is 49.7 Å². The van der Waals surface area contributed by atoms with Gasteiger partial charge < -0.3 is 9.47 Å². The monoisotopic (exact) mass is 675 g/mol. The van der Waals surface area contributed by atoms with Crippen LogP contribution in [0.3, 0.4) is 0 Å².